The van der Waals surface area contributed by atoms with Gasteiger partial charge in [-0.1, -0.05) is 23.7 Å². The van der Waals surface area contributed by atoms with Crippen molar-refractivity contribution >= 4 is 11.6 Å². The second kappa shape index (κ2) is 5.22. The van der Waals surface area contributed by atoms with Gasteiger partial charge in [0.25, 0.3) is 0 Å². The lowest BCUT2D eigenvalue weighted by Crippen LogP contribution is -2.27. The van der Waals surface area contributed by atoms with Crippen molar-refractivity contribution < 1.29 is 23.4 Å². The van der Waals surface area contributed by atoms with Crippen molar-refractivity contribution in [3.63, 3.8) is 0 Å². The number of hydrogen-bond donors (Lipinski definition) is 3. The van der Waals surface area contributed by atoms with Gasteiger partial charge < -0.3 is 15.9 Å². The van der Waals surface area contributed by atoms with E-state index in [9.17, 15) is 23.4 Å². The molecule has 0 fully saturated rings. The average Bonchev–Trinajstić information content (AvgIpc) is 2.25. The number of aliphatic hydroxyl groups excluding tert-OH is 2. The zero-order valence-electron chi connectivity index (χ0n) is 8.58. The molecule has 0 amide bonds. The Labute approximate surface area is 101 Å². The molecule has 4 N–H and O–H groups in total. The minimum atomic E-state index is -4.61. The van der Waals surface area contributed by atoms with Gasteiger partial charge in [-0.05, 0) is 6.07 Å². The Kier molecular flexibility index (Phi) is 4.37. The van der Waals surface area contributed by atoms with Crippen molar-refractivity contribution in [2.24, 2.45) is 5.73 Å². The fourth-order valence-corrected chi connectivity index (χ4v) is 1.68. The van der Waals surface area contributed by atoms with Gasteiger partial charge in [0, 0.05) is 12.1 Å². The molecule has 1 rings (SSSR count). The second-order valence-electron chi connectivity index (χ2n) is 3.45. The molecule has 0 saturated carbocycles. The second-order valence-corrected chi connectivity index (χ2v) is 3.83. The highest BCUT2D eigenvalue weighted by molar-refractivity contribution is 6.32. The van der Waals surface area contributed by atoms with Gasteiger partial charge >= 0.3 is 6.18 Å². The Balaban J connectivity index is 3.19. The maximum atomic E-state index is 12.5. The van der Waals surface area contributed by atoms with Gasteiger partial charge in [0.2, 0.25) is 0 Å². The predicted molar refractivity (Wildman–Crippen MR) is 56.5 cm³/mol. The summed E-state index contributed by atoms with van der Waals surface area (Å²) in [4.78, 5) is 0. The lowest BCUT2D eigenvalue weighted by molar-refractivity contribution is -0.137. The third kappa shape index (κ3) is 3.10. The standard InChI is InChI=1S/C10H11ClF3NO2/c11-8-5(9(17)7(16)4-15)2-1-3-6(8)10(12,13)14/h1-3,7,9,16-17H,4,15H2. The number of hydrogen-bond acceptors (Lipinski definition) is 3. The zero-order chi connectivity index (χ0) is 13.2. The number of aliphatic hydroxyl groups is 2. The largest absolute Gasteiger partial charge is 0.417 e. The van der Waals surface area contributed by atoms with Crippen LogP contribution in [0.1, 0.15) is 17.2 Å². The minimum Gasteiger partial charge on any atom is -0.389 e. The summed E-state index contributed by atoms with van der Waals surface area (Å²) in [5.74, 6) is 0. The number of halogens is 4. The summed E-state index contributed by atoms with van der Waals surface area (Å²) >= 11 is 5.56. The molecule has 0 aliphatic heterocycles. The third-order valence-electron chi connectivity index (χ3n) is 2.26. The van der Waals surface area contributed by atoms with E-state index in [1.165, 1.54) is 6.07 Å². The van der Waals surface area contributed by atoms with E-state index in [0.29, 0.717) is 0 Å². The summed E-state index contributed by atoms with van der Waals surface area (Å²) in [6, 6.07) is 3.12. The van der Waals surface area contributed by atoms with Crippen LogP contribution in [0.4, 0.5) is 13.2 Å². The van der Waals surface area contributed by atoms with Crippen molar-refractivity contribution in [3.05, 3.63) is 34.3 Å². The normalized spacial score (nSPS) is 15.7. The van der Waals surface area contributed by atoms with Gasteiger partial charge in [0.15, 0.2) is 0 Å². The molecule has 0 heterocycles. The SMILES string of the molecule is NCC(O)C(O)c1cccc(C(F)(F)F)c1Cl. The lowest BCUT2D eigenvalue weighted by Gasteiger charge is -2.19. The summed E-state index contributed by atoms with van der Waals surface area (Å²) in [6.45, 7) is -0.284. The zero-order valence-corrected chi connectivity index (χ0v) is 9.33. The van der Waals surface area contributed by atoms with E-state index < -0.39 is 29.0 Å². The molecule has 2 atom stereocenters. The van der Waals surface area contributed by atoms with Crippen LogP contribution in [0.5, 0.6) is 0 Å². The van der Waals surface area contributed by atoms with E-state index in [-0.39, 0.29) is 12.1 Å². The van der Waals surface area contributed by atoms with E-state index in [2.05, 4.69) is 0 Å². The highest BCUT2D eigenvalue weighted by atomic mass is 35.5. The lowest BCUT2D eigenvalue weighted by atomic mass is 10.0. The molecular weight excluding hydrogens is 259 g/mol. The number of nitrogens with two attached hydrogens (primary N) is 1. The first-order valence-electron chi connectivity index (χ1n) is 4.70. The van der Waals surface area contributed by atoms with Gasteiger partial charge in [-0.25, -0.2) is 0 Å². The Bertz CT molecular complexity index is 398. The Morgan fingerprint density at radius 3 is 2.35 bits per heavy atom. The molecule has 1 aromatic carbocycles. The average molecular weight is 270 g/mol. The topological polar surface area (TPSA) is 66.5 Å². The number of rotatable bonds is 3. The first kappa shape index (κ1) is 14.2. The fraction of sp³-hybridized carbons (Fsp3) is 0.400. The van der Waals surface area contributed by atoms with E-state index in [1.54, 1.807) is 0 Å². The Hall–Kier alpha value is -0.820. The van der Waals surface area contributed by atoms with Crippen LogP contribution in [-0.4, -0.2) is 22.9 Å². The van der Waals surface area contributed by atoms with Gasteiger partial charge in [-0.3, -0.25) is 0 Å². The van der Waals surface area contributed by atoms with Crippen LogP contribution >= 0.6 is 11.6 Å². The Morgan fingerprint density at radius 1 is 1.29 bits per heavy atom. The molecule has 0 bridgehead atoms. The molecule has 0 aliphatic carbocycles. The van der Waals surface area contributed by atoms with Crippen molar-refractivity contribution in [1.29, 1.82) is 0 Å². The molecular formula is C10H11ClF3NO2. The third-order valence-corrected chi connectivity index (χ3v) is 2.68. The van der Waals surface area contributed by atoms with Crippen molar-refractivity contribution in [2.45, 2.75) is 18.4 Å². The van der Waals surface area contributed by atoms with E-state index in [4.69, 9.17) is 17.3 Å². The predicted octanol–water partition coefficient (Wildman–Crippen LogP) is 1.71. The van der Waals surface area contributed by atoms with Crippen molar-refractivity contribution in [2.75, 3.05) is 6.54 Å². The van der Waals surface area contributed by atoms with Gasteiger partial charge in [-0.2, -0.15) is 13.2 Å². The molecule has 7 heteroatoms. The summed E-state index contributed by atoms with van der Waals surface area (Å²) in [7, 11) is 0. The molecule has 0 aliphatic rings. The van der Waals surface area contributed by atoms with Crippen LogP contribution in [0.15, 0.2) is 18.2 Å². The van der Waals surface area contributed by atoms with Gasteiger partial charge in [-0.15, -0.1) is 0 Å². The van der Waals surface area contributed by atoms with Crippen LogP contribution < -0.4 is 5.73 Å². The maximum Gasteiger partial charge on any atom is 0.417 e. The van der Waals surface area contributed by atoms with Gasteiger partial charge in [0.05, 0.1) is 16.7 Å². The molecule has 1 aromatic rings. The summed E-state index contributed by atoms with van der Waals surface area (Å²) < 4.78 is 37.6. The summed E-state index contributed by atoms with van der Waals surface area (Å²) in [5, 5.41) is 18.2. The molecule has 0 spiro atoms. The smallest absolute Gasteiger partial charge is 0.389 e. The highest BCUT2D eigenvalue weighted by Crippen LogP contribution is 2.38. The van der Waals surface area contributed by atoms with Crippen LogP contribution in [0.2, 0.25) is 5.02 Å². The monoisotopic (exact) mass is 269 g/mol. The molecule has 3 nitrogen and oxygen atoms in total. The van der Waals surface area contributed by atoms with Crippen molar-refractivity contribution in [1.82, 2.24) is 0 Å². The number of benzene rings is 1. The quantitative estimate of drug-likeness (QED) is 0.783. The molecule has 0 radical (unpaired) electrons. The molecule has 2 unspecified atom stereocenters. The summed E-state index contributed by atoms with van der Waals surface area (Å²) in [5.41, 5.74) is 3.86. The van der Waals surface area contributed by atoms with E-state index in [1.807, 2.05) is 0 Å². The Morgan fingerprint density at radius 2 is 1.88 bits per heavy atom. The first-order valence-corrected chi connectivity index (χ1v) is 5.08. The molecule has 96 valence electrons. The van der Waals surface area contributed by atoms with E-state index in [0.717, 1.165) is 12.1 Å². The van der Waals surface area contributed by atoms with Crippen LogP contribution in [0.25, 0.3) is 0 Å². The minimum absolute atomic E-state index is 0.195. The maximum absolute atomic E-state index is 12.5. The molecule has 17 heavy (non-hydrogen) atoms. The van der Waals surface area contributed by atoms with E-state index >= 15 is 0 Å². The fourth-order valence-electron chi connectivity index (χ4n) is 1.33. The highest BCUT2D eigenvalue weighted by Gasteiger charge is 2.35. The van der Waals surface area contributed by atoms with Crippen LogP contribution in [0.3, 0.4) is 0 Å². The first-order chi connectivity index (χ1) is 7.79. The molecule has 0 aromatic heterocycles. The van der Waals surface area contributed by atoms with Crippen LogP contribution in [0, 0.1) is 0 Å². The van der Waals surface area contributed by atoms with Crippen molar-refractivity contribution in [3.8, 4) is 0 Å². The van der Waals surface area contributed by atoms with Crippen LogP contribution in [-0.2, 0) is 6.18 Å². The van der Waals surface area contributed by atoms with Gasteiger partial charge in [0.1, 0.15) is 6.10 Å². The molecule has 0 saturated heterocycles. The number of alkyl halides is 3. The summed E-state index contributed by atoms with van der Waals surface area (Å²) in [6.07, 6.45) is -7.52.